The Balaban J connectivity index is 1.42. The van der Waals surface area contributed by atoms with Crippen molar-refractivity contribution in [3.63, 3.8) is 0 Å². The molecule has 2 aliphatic heterocycles. The Labute approximate surface area is 212 Å². The molecule has 1 atom stereocenters. The highest BCUT2D eigenvalue weighted by molar-refractivity contribution is 7.89. The lowest BCUT2D eigenvalue weighted by molar-refractivity contribution is -0.137. The number of carbonyl (C=O) groups excluding carboxylic acids is 1. The summed E-state index contributed by atoms with van der Waals surface area (Å²) < 4.78 is 72.3. The molecule has 1 unspecified atom stereocenters. The third-order valence-electron chi connectivity index (χ3n) is 5.90. The molecular formula is C22H25ClF3N5O4S. The number of aromatic nitrogens is 1. The van der Waals surface area contributed by atoms with E-state index in [1.807, 2.05) is 19.0 Å². The van der Waals surface area contributed by atoms with Crippen molar-refractivity contribution >= 4 is 39.2 Å². The molecule has 0 aliphatic carbocycles. The van der Waals surface area contributed by atoms with Gasteiger partial charge in [0.05, 0.1) is 17.0 Å². The zero-order valence-corrected chi connectivity index (χ0v) is 21.1. The molecule has 14 heteroatoms. The Bertz CT molecular complexity index is 1220. The maximum atomic E-state index is 13.2. The van der Waals surface area contributed by atoms with Gasteiger partial charge >= 0.3 is 12.3 Å². The Morgan fingerprint density at radius 2 is 1.75 bits per heavy atom. The number of sulfonamides is 1. The van der Waals surface area contributed by atoms with Crippen LogP contribution in [0.15, 0.2) is 41.3 Å². The molecule has 1 aromatic heterocycles. The summed E-state index contributed by atoms with van der Waals surface area (Å²) in [6, 6.07) is 7.62. The number of halogens is 4. The van der Waals surface area contributed by atoms with Crippen LogP contribution in [0.2, 0.25) is 5.15 Å². The molecule has 1 aromatic carbocycles. The van der Waals surface area contributed by atoms with Crippen molar-refractivity contribution < 1.29 is 31.1 Å². The summed E-state index contributed by atoms with van der Waals surface area (Å²) >= 11 is 5.78. The maximum absolute atomic E-state index is 13.2. The molecule has 2 fully saturated rings. The van der Waals surface area contributed by atoms with Crippen molar-refractivity contribution in [2.75, 3.05) is 63.2 Å². The van der Waals surface area contributed by atoms with Crippen LogP contribution in [0.4, 0.5) is 29.5 Å². The fraction of sp³-hybridized carbons (Fsp3) is 0.455. The number of benzene rings is 1. The minimum atomic E-state index is -4.57. The number of hydrogen-bond acceptors (Lipinski definition) is 7. The van der Waals surface area contributed by atoms with E-state index in [1.54, 1.807) is 17.0 Å². The summed E-state index contributed by atoms with van der Waals surface area (Å²) in [4.78, 5) is 21.2. The molecule has 9 nitrogen and oxygen atoms in total. The monoisotopic (exact) mass is 547 g/mol. The Hall–Kier alpha value is -2.61. The zero-order valence-electron chi connectivity index (χ0n) is 19.6. The average molecular weight is 548 g/mol. The van der Waals surface area contributed by atoms with Gasteiger partial charge in [-0.15, -0.1) is 0 Å². The lowest BCUT2D eigenvalue weighted by Gasteiger charge is -2.35. The average Bonchev–Trinajstić information content (AvgIpc) is 3.17. The van der Waals surface area contributed by atoms with Gasteiger partial charge in [-0.25, -0.2) is 18.2 Å². The number of hydrogen-bond donors (Lipinski definition) is 0. The van der Waals surface area contributed by atoms with Crippen LogP contribution >= 0.6 is 11.6 Å². The molecule has 0 radical (unpaired) electrons. The number of ether oxygens (including phenoxy) is 1. The van der Waals surface area contributed by atoms with Crippen molar-refractivity contribution in [3.8, 4) is 0 Å². The highest BCUT2D eigenvalue weighted by atomic mass is 35.5. The van der Waals surface area contributed by atoms with E-state index in [0.29, 0.717) is 18.8 Å². The third-order valence-corrected chi connectivity index (χ3v) is 8.01. The van der Waals surface area contributed by atoms with E-state index in [2.05, 4.69) is 4.98 Å². The molecule has 2 aliphatic rings. The number of carbonyl (C=O) groups is 1. The van der Waals surface area contributed by atoms with Crippen LogP contribution < -0.4 is 9.80 Å². The van der Waals surface area contributed by atoms with Crippen LogP contribution in [0.25, 0.3) is 0 Å². The quantitative estimate of drug-likeness (QED) is 0.514. The molecule has 3 heterocycles. The number of likely N-dealkylation sites (N-methyl/N-ethyl adjacent to an activating group) is 1. The smallest absolute Gasteiger partial charge is 0.416 e. The van der Waals surface area contributed by atoms with Gasteiger partial charge in [0, 0.05) is 38.4 Å². The SMILES string of the molecule is CN(C)CC1CN(c2ccc(S(=O)(=O)N3CCN(c4cc(C(F)(F)F)cc(Cl)n4)CC3)cc2)C(=O)O1. The summed E-state index contributed by atoms with van der Waals surface area (Å²) in [5, 5.41) is -0.287. The molecule has 0 spiro atoms. The highest BCUT2D eigenvalue weighted by Gasteiger charge is 2.35. The van der Waals surface area contributed by atoms with Crippen LogP contribution in [-0.4, -0.2) is 88.2 Å². The number of piperazine rings is 1. The third kappa shape index (κ3) is 5.69. The van der Waals surface area contributed by atoms with E-state index in [1.165, 1.54) is 21.3 Å². The normalized spacial score (nSPS) is 19.8. The lowest BCUT2D eigenvalue weighted by Crippen LogP contribution is -2.49. The molecule has 196 valence electrons. The summed E-state index contributed by atoms with van der Waals surface area (Å²) in [5.74, 6) is 0.0429. The Morgan fingerprint density at radius 3 is 2.33 bits per heavy atom. The van der Waals surface area contributed by atoms with Gasteiger partial charge in [-0.1, -0.05) is 11.6 Å². The Morgan fingerprint density at radius 1 is 1.11 bits per heavy atom. The molecule has 2 saturated heterocycles. The molecule has 2 aromatic rings. The van der Waals surface area contributed by atoms with Gasteiger partial charge < -0.3 is 14.5 Å². The van der Waals surface area contributed by atoms with Crippen LogP contribution in [0.1, 0.15) is 5.56 Å². The summed E-state index contributed by atoms with van der Waals surface area (Å²) in [7, 11) is -0.0964. The molecule has 36 heavy (non-hydrogen) atoms. The van der Waals surface area contributed by atoms with Gasteiger partial charge in [0.15, 0.2) is 0 Å². The van der Waals surface area contributed by atoms with Crippen molar-refractivity contribution in [2.45, 2.75) is 17.2 Å². The number of rotatable bonds is 6. The first-order valence-corrected chi connectivity index (χ1v) is 12.9. The van der Waals surface area contributed by atoms with Gasteiger partial charge in [-0.3, -0.25) is 4.90 Å². The minimum absolute atomic E-state index is 0.0429. The first-order valence-electron chi connectivity index (χ1n) is 11.1. The van der Waals surface area contributed by atoms with Crippen molar-refractivity contribution in [2.24, 2.45) is 0 Å². The fourth-order valence-corrected chi connectivity index (χ4v) is 5.77. The number of pyridine rings is 1. The van der Waals surface area contributed by atoms with Gasteiger partial charge in [0.2, 0.25) is 10.0 Å². The molecule has 4 rings (SSSR count). The maximum Gasteiger partial charge on any atom is 0.416 e. The number of nitrogens with zero attached hydrogens (tertiary/aromatic N) is 5. The first kappa shape index (κ1) is 26.5. The second-order valence-corrected chi connectivity index (χ2v) is 11.1. The number of amides is 1. The van der Waals surface area contributed by atoms with E-state index >= 15 is 0 Å². The first-order chi connectivity index (χ1) is 16.8. The van der Waals surface area contributed by atoms with Gasteiger partial charge in [0.1, 0.15) is 17.1 Å². The molecule has 1 amide bonds. The molecule has 0 bridgehead atoms. The van der Waals surface area contributed by atoms with E-state index in [0.717, 1.165) is 12.1 Å². The lowest BCUT2D eigenvalue weighted by atomic mass is 10.2. The van der Waals surface area contributed by atoms with Crippen molar-refractivity contribution in [1.29, 1.82) is 0 Å². The van der Waals surface area contributed by atoms with Crippen molar-refractivity contribution in [1.82, 2.24) is 14.2 Å². The topological polar surface area (TPSA) is 86.3 Å². The predicted molar refractivity (Wildman–Crippen MR) is 128 cm³/mol. The van der Waals surface area contributed by atoms with Crippen molar-refractivity contribution in [3.05, 3.63) is 47.1 Å². The van der Waals surface area contributed by atoms with E-state index < -0.39 is 27.9 Å². The summed E-state index contributed by atoms with van der Waals surface area (Å²) in [5.41, 5.74) is -0.389. The van der Waals surface area contributed by atoms with E-state index in [9.17, 15) is 26.4 Å². The van der Waals surface area contributed by atoms with Crippen LogP contribution in [0.3, 0.4) is 0 Å². The summed E-state index contributed by atoms with van der Waals surface area (Å²) in [6.45, 7) is 1.35. The van der Waals surface area contributed by atoms with Crippen LogP contribution in [0.5, 0.6) is 0 Å². The Kier molecular flexibility index (Phi) is 7.37. The van der Waals surface area contributed by atoms with E-state index in [4.69, 9.17) is 16.3 Å². The second-order valence-electron chi connectivity index (χ2n) is 8.80. The second kappa shape index (κ2) is 10.0. The number of cyclic esters (lactones) is 1. The predicted octanol–water partition coefficient (Wildman–Crippen LogP) is 3.15. The fourth-order valence-electron chi connectivity index (χ4n) is 4.15. The number of anilines is 2. The highest BCUT2D eigenvalue weighted by Crippen LogP contribution is 2.33. The van der Waals surface area contributed by atoms with Gasteiger partial charge in [0.25, 0.3) is 0 Å². The zero-order chi connectivity index (χ0) is 26.3. The summed E-state index contributed by atoms with van der Waals surface area (Å²) in [6.07, 6.45) is -5.34. The largest absolute Gasteiger partial charge is 0.443 e. The van der Waals surface area contributed by atoms with E-state index in [-0.39, 0.29) is 48.1 Å². The standard InChI is InChI=1S/C22H25ClF3N5O4S/c1-28(2)13-17-14-31(21(32)35-17)16-3-5-18(6-4-16)36(33,34)30-9-7-29(8-10-30)20-12-15(22(24,25)26)11-19(23)27-20/h3-6,11-12,17H,7-10,13-14H2,1-2H3. The van der Waals surface area contributed by atoms with Gasteiger partial charge in [-0.2, -0.15) is 17.5 Å². The van der Waals surface area contributed by atoms with Gasteiger partial charge in [-0.05, 0) is 50.5 Å². The minimum Gasteiger partial charge on any atom is -0.443 e. The molecule has 0 saturated carbocycles. The molecular weight excluding hydrogens is 523 g/mol. The van der Waals surface area contributed by atoms with Crippen LogP contribution in [0, 0.1) is 0 Å². The molecule has 0 N–H and O–H groups in total. The van der Waals surface area contributed by atoms with Crippen LogP contribution in [-0.2, 0) is 20.9 Å². The number of alkyl halides is 3.